The summed E-state index contributed by atoms with van der Waals surface area (Å²) < 4.78 is 11.2. The van der Waals surface area contributed by atoms with Crippen LogP contribution in [-0.4, -0.2) is 32.3 Å². The van der Waals surface area contributed by atoms with Crippen molar-refractivity contribution in [2.75, 3.05) is 26.2 Å². The van der Waals surface area contributed by atoms with Crippen molar-refractivity contribution in [3.8, 4) is 0 Å². The lowest BCUT2D eigenvalue weighted by molar-refractivity contribution is 0.0238. The van der Waals surface area contributed by atoms with E-state index in [1.54, 1.807) is 0 Å². The van der Waals surface area contributed by atoms with E-state index in [1.807, 2.05) is 24.5 Å². The fourth-order valence-electron chi connectivity index (χ4n) is 2.46. The van der Waals surface area contributed by atoms with E-state index in [-0.39, 0.29) is 0 Å². The van der Waals surface area contributed by atoms with Crippen molar-refractivity contribution in [1.82, 2.24) is 10.6 Å². The molecule has 3 rings (SSSR count). The standard InChI is InChI=1S/C15H20N2O2/c1-2-4-15-14(3-1)12(11-19-15)9-16-6-5-13-10-17-7-8-18-13/h1-4,11,13,16-17H,5-10H2. The molecule has 1 atom stereocenters. The minimum atomic E-state index is 0.349. The van der Waals surface area contributed by atoms with Gasteiger partial charge in [0.1, 0.15) is 5.58 Å². The van der Waals surface area contributed by atoms with Gasteiger partial charge < -0.3 is 19.8 Å². The minimum Gasteiger partial charge on any atom is -0.464 e. The first-order valence-corrected chi connectivity index (χ1v) is 6.91. The Morgan fingerprint density at radius 3 is 3.16 bits per heavy atom. The molecular formula is C15H20N2O2. The number of benzene rings is 1. The van der Waals surface area contributed by atoms with Gasteiger partial charge in [-0.2, -0.15) is 0 Å². The lowest BCUT2D eigenvalue weighted by atomic mass is 10.1. The van der Waals surface area contributed by atoms with Crippen LogP contribution in [0.2, 0.25) is 0 Å². The molecule has 1 aromatic carbocycles. The van der Waals surface area contributed by atoms with Crippen LogP contribution in [0.15, 0.2) is 34.9 Å². The summed E-state index contributed by atoms with van der Waals surface area (Å²) in [5.41, 5.74) is 2.18. The second-order valence-electron chi connectivity index (χ2n) is 4.92. The second kappa shape index (κ2) is 6.19. The first-order chi connectivity index (χ1) is 9.43. The summed E-state index contributed by atoms with van der Waals surface area (Å²) >= 11 is 0. The third-order valence-corrected chi connectivity index (χ3v) is 3.52. The number of furan rings is 1. The highest BCUT2D eigenvalue weighted by Gasteiger charge is 2.12. The number of para-hydroxylation sites is 1. The molecule has 2 heterocycles. The van der Waals surface area contributed by atoms with Gasteiger partial charge in [-0.15, -0.1) is 0 Å². The number of rotatable bonds is 5. The molecule has 4 heteroatoms. The molecule has 0 aliphatic carbocycles. The van der Waals surface area contributed by atoms with Crippen molar-refractivity contribution in [3.05, 3.63) is 36.1 Å². The van der Waals surface area contributed by atoms with Gasteiger partial charge in [-0.25, -0.2) is 0 Å². The molecule has 2 N–H and O–H groups in total. The molecule has 2 aromatic rings. The van der Waals surface area contributed by atoms with E-state index in [4.69, 9.17) is 9.15 Å². The molecule has 102 valence electrons. The van der Waals surface area contributed by atoms with Crippen LogP contribution in [0.5, 0.6) is 0 Å². The third-order valence-electron chi connectivity index (χ3n) is 3.52. The number of morpholine rings is 1. The first-order valence-electron chi connectivity index (χ1n) is 6.91. The van der Waals surface area contributed by atoms with Gasteiger partial charge in [-0.3, -0.25) is 0 Å². The molecule has 1 unspecified atom stereocenters. The Kier molecular flexibility index (Phi) is 4.13. The quantitative estimate of drug-likeness (QED) is 0.806. The van der Waals surface area contributed by atoms with Crippen LogP contribution >= 0.6 is 0 Å². The van der Waals surface area contributed by atoms with Crippen LogP contribution < -0.4 is 10.6 Å². The van der Waals surface area contributed by atoms with Crippen LogP contribution in [0.4, 0.5) is 0 Å². The number of hydrogen-bond donors (Lipinski definition) is 2. The van der Waals surface area contributed by atoms with Gasteiger partial charge in [0.25, 0.3) is 0 Å². The van der Waals surface area contributed by atoms with Gasteiger partial charge in [0.15, 0.2) is 0 Å². The molecule has 1 saturated heterocycles. The molecule has 0 radical (unpaired) electrons. The summed E-state index contributed by atoms with van der Waals surface area (Å²) in [5, 5.41) is 8.00. The van der Waals surface area contributed by atoms with Crippen molar-refractivity contribution >= 4 is 11.0 Å². The fraction of sp³-hybridized carbons (Fsp3) is 0.467. The van der Waals surface area contributed by atoms with E-state index in [1.165, 1.54) is 10.9 Å². The number of fused-ring (bicyclic) bond motifs is 1. The Labute approximate surface area is 113 Å². The molecule has 19 heavy (non-hydrogen) atoms. The van der Waals surface area contributed by atoms with Crippen molar-refractivity contribution in [2.45, 2.75) is 19.1 Å². The zero-order chi connectivity index (χ0) is 12.9. The van der Waals surface area contributed by atoms with Crippen LogP contribution in [0, 0.1) is 0 Å². The highest BCUT2D eigenvalue weighted by atomic mass is 16.5. The normalized spacial score (nSPS) is 19.9. The van der Waals surface area contributed by atoms with Crippen LogP contribution in [-0.2, 0) is 11.3 Å². The molecule has 4 nitrogen and oxygen atoms in total. The topological polar surface area (TPSA) is 46.4 Å². The fourth-order valence-corrected chi connectivity index (χ4v) is 2.46. The van der Waals surface area contributed by atoms with Crippen LogP contribution in [0.3, 0.4) is 0 Å². The van der Waals surface area contributed by atoms with Gasteiger partial charge in [0, 0.05) is 30.6 Å². The Morgan fingerprint density at radius 2 is 2.26 bits per heavy atom. The Hall–Kier alpha value is -1.36. The monoisotopic (exact) mass is 260 g/mol. The smallest absolute Gasteiger partial charge is 0.134 e. The average Bonchev–Trinajstić information content (AvgIpc) is 2.88. The maximum Gasteiger partial charge on any atom is 0.134 e. The van der Waals surface area contributed by atoms with Crippen molar-refractivity contribution in [1.29, 1.82) is 0 Å². The van der Waals surface area contributed by atoms with Crippen LogP contribution in [0.1, 0.15) is 12.0 Å². The van der Waals surface area contributed by atoms with Crippen molar-refractivity contribution in [3.63, 3.8) is 0 Å². The number of ether oxygens (including phenoxy) is 1. The summed E-state index contributed by atoms with van der Waals surface area (Å²) in [7, 11) is 0. The number of hydrogen-bond acceptors (Lipinski definition) is 4. The predicted octanol–water partition coefficient (Wildman–Crippen LogP) is 1.90. The highest BCUT2D eigenvalue weighted by molar-refractivity contribution is 5.80. The predicted molar refractivity (Wildman–Crippen MR) is 75.1 cm³/mol. The average molecular weight is 260 g/mol. The molecule has 0 amide bonds. The van der Waals surface area contributed by atoms with Gasteiger partial charge in [0.05, 0.1) is 19.0 Å². The highest BCUT2D eigenvalue weighted by Crippen LogP contribution is 2.20. The molecule has 0 spiro atoms. The maximum atomic E-state index is 5.66. The van der Waals surface area contributed by atoms with Gasteiger partial charge in [0.2, 0.25) is 0 Å². The molecule has 1 aliphatic rings. The first kappa shape index (κ1) is 12.7. The summed E-state index contributed by atoms with van der Waals surface area (Å²) in [5.74, 6) is 0. The van der Waals surface area contributed by atoms with Gasteiger partial charge in [-0.1, -0.05) is 18.2 Å². The molecule has 1 aliphatic heterocycles. The summed E-state index contributed by atoms with van der Waals surface area (Å²) in [6.45, 7) is 4.58. The number of nitrogens with one attached hydrogen (secondary N) is 2. The zero-order valence-corrected chi connectivity index (χ0v) is 11.0. The zero-order valence-electron chi connectivity index (χ0n) is 11.0. The Bertz CT molecular complexity index is 518. The van der Waals surface area contributed by atoms with Gasteiger partial charge in [-0.05, 0) is 19.0 Å². The lowest BCUT2D eigenvalue weighted by Gasteiger charge is -2.23. The van der Waals surface area contributed by atoms with E-state index in [9.17, 15) is 0 Å². The van der Waals surface area contributed by atoms with Crippen molar-refractivity contribution in [2.24, 2.45) is 0 Å². The summed E-state index contributed by atoms with van der Waals surface area (Å²) in [6.07, 6.45) is 3.24. The van der Waals surface area contributed by atoms with E-state index in [0.29, 0.717) is 6.10 Å². The van der Waals surface area contributed by atoms with Crippen molar-refractivity contribution < 1.29 is 9.15 Å². The molecule has 1 aromatic heterocycles. The summed E-state index contributed by atoms with van der Waals surface area (Å²) in [6, 6.07) is 8.14. The van der Waals surface area contributed by atoms with E-state index >= 15 is 0 Å². The van der Waals surface area contributed by atoms with E-state index in [0.717, 1.165) is 44.8 Å². The van der Waals surface area contributed by atoms with Crippen LogP contribution in [0.25, 0.3) is 11.0 Å². The molecule has 0 saturated carbocycles. The maximum absolute atomic E-state index is 5.66. The molecular weight excluding hydrogens is 240 g/mol. The van der Waals surface area contributed by atoms with E-state index < -0.39 is 0 Å². The molecule has 0 bridgehead atoms. The Balaban J connectivity index is 1.47. The van der Waals surface area contributed by atoms with E-state index in [2.05, 4.69) is 16.7 Å². The third kappa shape index (κ3) is 3.15. The largest absolute Gasteiger partial charge is 0.464 e. The Morgan fingerprint density at radius 1 is 1.32 bits per heavy atom. The molecule has 1 fully saturated rings. The van der Waals surface area contributed by atoms with Gasteiger partial charge >= 0.3 is 0 Å². The summed E-state index contributed by atoms with van der Waals surface area (Å²) in [4.78, 5) is 0. The lowest BCUT2D eigenvalue weighted by Crippen LogP contribution is -2.39. The minimum absolute atomic E-state index is 0.349. The second-order valence-corrected chi connectivity index (χ2v) is 4.92. The SMILES string of the molecule is c1ccc2c(CNCCC3CNCCO3)coc2c1.